The number of nitrogens with one attached hydrogen (secondary N) is 1. The molecule has 0 aliphatic carbocycles. The summed E-state index contributed by atoms with van der Waals surface area (Å²) in [5.41, 5.74) is 0.489. The summed E-state index contributed by atoms with van der Waals surface area (Å²) < 4.78 is 5.16. The molecule has 0 saturated heterocycles. The van der Waals surface area contributed by atoms with Crippen LogP contribution in [-0.4, -0.2) is 18.8 Å². The lowest BCUT2D eigenvalue weighted by molar-refractivity contribution is 0.101. The fourth-order valence-electron chi connectivity index (χ4n) is 1.61. The van der Waals surface area contributed by atoms with E-state index in [-0.39, 0.29) is 11.7 Å². The van der Waals surface area contributed by atoms with Crippen LogP contribution >= 0.6 is 22.9 Å². The third-order valence-corrected chi connectivity index (χ3v) is 4.01. The number of thiophene rings is 1. The second kappa shape index (κ2) is 6.07. The van der Waals surface area contributed by atoms with Gasteiger partial charge in [-0.3, -0.25) is 9.59 Å². The van der Waals surface area contributed by atoms with Gasteiger partial charge in [-0.25, -0.2) is 0 Å². The molecule has 1 heterocycles. The largest absolute Gasteiger partial charge is 0.495 e. The molecule has 4 nitrogen and oxygen atoms in total. The van der Waals surface area contributed by atoms with Gasteiger partial charge < -0.3 is 10.1 Å². The van der Waals surface area contributed by atoms with Crippen LogP contribution in [0.2, 0.25) is 5.02 Å². The summed E-state index contributed by atoms with van der Waals surface area (Å²) in [6, 6.07) is 8.21. The number of anilines is 1. The van der Waals surface area contributed by atoms with E-state index >= 15 is 0 Å². The zero-order valence-electron chi connectivity index (χ0n) is 10.9. The number of benzene rings is 1. The summed E-state index contributed by atoms with van der Waals surface area (Å²) in [4.78, 5) is 24.3. The zero-order chi connectivity index (χ0) is 14.7. The first-order valence-corrected chi connectivity index (χ1v) is 6.96. The Hall–Kier alpha value is -1.85. The Morgan fingerprint density at radius 1 is 1.20 bits per heavy atom. The van der Waals surface area contributed by atoms with Crippen LogP contribution in [0.15, 0.2) is 30.3 Å². The lowest BCUT2D eigenvalue weighted by Crippen LogP contribution is -2.11. The fraction of sp³-hybridized carbons (Fsp3) is 0.143. The van der Waals surface area contributed by atoms with Crippen molar-refractivity contribution in [3.8, 4) is 5.75 Å². The Balaban J connectivity index is 2.22. The minimum atomic E-state index is -0.303. The van der Waals surface area contributed by atoms with E-state index in [2.05, 4.69) is 5.32 Å². The van der Waals surface area contributed by atoms with Crippen LogP contribution in [0.25, 0.3) is 0 Å². The lowest BCUT2D eigenvalue weighted by Gasteiger charge is -2.09. The quantitative estimate of drug-likeness (QED) is 0.872. The van der Waals surface area contributed by atoms with Gasteiger partial charge in [0.25, 0.3) is 5.91 Å². The van der Waals surface area contributed by atoms with Crippen molar-refractivity contribution in [2.75, 3.05) is 12.4 Å². The molecule has 1 aromatic carbocycles. The van der Waals surface area contributed by atoms with Crippen molar-refractivity contribution in [1.29, 1.82) is 0 Å². The number of ether oxygens (including phenoxy) is 1. The molecule has 2 aromatic rings. The zero-order valence-corrected chi connectivity index (χ0v) is 12.5. The van der Waals surface area contributed by atoms with Gasteiger partial charge in [0.1, 0.15) is 5.75 Å². The molecule has 0 atom stereocenters. The molecule has 0 saturated carbocycles. The second-order valence-electron chi connectivity index (χ2n) is 4.02. The predicted molar refractivity (Wildman–Crippen MR) is 80.3 cm³/mol. The van der Waals surface area contributed by atoms with Crippen molar-refractivity contribution in [1.82, 2.24) is 0 Å². The first-order chi connectivity index (χ1) is 9.51. The van der Waals surface area contributed by atoms with Crippen LogP contribution in [0.3, 0.4) is 0 Å². The van der Waals surface area contributed by atoms with Crippen LogP contribution in [0.1, 0.15) is 26.3 Å². The topological polar surface area (TPSA) is 55.4 Å². The van der Waals surface area contributed by atoms with Gasteiger partial charge >= 0.3 is 0 Å². The van der Waals surface area contributed by atoms with Gasteiger partial charge in [0, 0.05) is 5.02 Å². The molecule has 20 heavy (non-hydrogen) atoms. The monoisotopic (exact) mass is 309 g/mol. The number of amides is 1. The van der Waals surface area contributed by atoms with Crippen molar-refractivity contribution in [2.45, 2.75) is 6.92 Å². The van der Waals surface area contributed by atoms with Crippen LogP contribution < -0.4 is 10.1 Å². The van der Waals surface area contributed by atoms with Crippen molar-refractivity contribution >= 4 is 40.3 Å². The van der Waals surface area contributed by atoms with E-state index in [1.807, 2.05) is 0 Å². The van der Waals surface area contributed by atoms with Gasteiger partial charge in [-0.1, -0.05) is 11.6 Å². The average Bonchev–Trinajstić information content (AvgIpc) is 2.89. The van der Waals surface area contributed by atoms with Crippen LogP contribution in [0.5, 0.6) is 5.75 Å². The summed E-state index contributed by atoms with van der Waals surface area (Å²) in [6.45, 7) is 1.47. The van der Waals surface area contributed by atoms with Crippen LogP contribution in [0.4, 0.5) is 5.69 Å². The van der Waals surface area contributed by atoms with Crippen molar-refractivity contribution in [3.63, 3.8) is 0 Å². The van der Waals surface area contributed by atoms with E-state index in [4.69, 9.17) is 16.3 Å². The first-order valence-electron chi connectivity index (χ1n) is 5.77. The molecule has 104 valence electrons. The number of Topliss-reactive ketones (excluding diaryl/α,β-unsaturated/α-hetero) is 1. The number of hydrogen-bond donors (Lipinski definition) is 1. The van der Waals surface area contributed by atoms with Gasteiger partial charge in [0.15, 0.2) is 5.78 Å². The Labute approximate surface area is 125 Å². The van der Waals surface area contributed by atoms with Gasteiger partial charge in [-0.2, -0.15) is 0 Å². The molecule has 1 amide bonds. The summed E-state index contributed by atoms with van der Waals surface area (Å²) in [5.74, 6) is 0.156. The number of halogens is 1. The third-order valence-electron chi connectivity index (χ3n) is 2.59. The maximum absolute atomic E-state index is 12.1. The second-order valence-corrected chi connectivity index (χ2v) is 5.54. The summed E-state index contributed by atoms with van der Waals surface area (Å²) in [5, 5.41) is 3.22. The van der Waals surface area contributed by atoms with Gasteiger partial charge in [-0.15, -0.1) is 11.3 Å². The Kier molecular flexibility index (Phi) is 4.42. The van der Waals surface area contributed by atoms with E-state index in [9.17, 15) is 9.59 Å². The Bertz CT molecular complexity index is 666. The summed E-state index contributed by atoms with van der Waals surface area (Å²) in [6.07, 6.45) is 0. The summed E-state index contributed by atoms with van der Waals surface area (Å²) in [7, 11) is 1.51. The van der Waals surface area contributed by atoms with E-state index in [0.717, 1.165) is 11.3 Å². The van der Waals surface area contributed by atoms with Crippen molar-refractivity contribution in [3.05, 3.63) is 45.1 Å². The normalized spacial score (nSPS) is 10.2. The molecular weight excluding hydrogens is 298 g/mol. The molecule has 0 aliphatic heterocycles. The molecule has 2 rings (SSSR count). The lowest BCUT2D eigenvalue weighted by atomic mass is 10.3. The number of ketones is 1. The standard InChI is InChI=1S/C14H12ClNO3S/c1-8(17)12-5-6-13(20-12)14(18)16-10-7-9(15)3-4-11(10)19-2/h3-7H,1-2H3,(H,16,18). The Morgan fingerprint density at radius 3 is 2.50 bits per heavy atom. The van der Waals surface area contributed by atoms with Crippen molar-refractivity contribution in [2.24, 2.45) is 0 Å². The highest BCUT2D eigenvalue weighted by atomic mass is 35.5. The molecule has 1 aromatic heterocycles. The number of rotatable bonds is 4. The number of hydrogen-bond acceptors (Lipinski definition) is 4. The van der Waals surface area contributed by atoms with Gasteiger partial charge in [-0.05, 0) is 37.3 Å². The molecule has 0 radical (unpaired) electrons. The smallest absolute Gasteiger partial charge is 0.265 e. The highest BCUT2D eigenvalue weighted by molar-refractivity contribution is 7.16. The maximum Gasteiger partial charge on any atom is 0.265 e. The summed E-state index contributed by atoms with van der Waals surface area (Å²) >= 11 is 7.05. The molecule has 6 heteroatoms. The van der Waals surface area contributed by atoms with E-state index < -0.39 is 0 Å². The van der Waals surface area contributed by atoms with E-state index in [1.54, 1.807) is 30.3 Å². The molecule has 0 unspecified atom stereocenters. The number of carbonyl (C=O) groups is 2. The third kappa shape index (κ3) is 3.18. The van der Waals surface area contributed by atoms with Crippen LogP contribution in [-0.2, 0) is 0 Å². The molecule has 0 aliphatic rings. The number of carbonyl (C=O) groups excluding carboxylic acids is 2. The van der Waals surface area contributed by atoms with E-state index in [1.165, 1.54) is 14.0 Å². The molecular formula is C14H12ClNO3S. The molecule has 0 fully saturated rings. The first kappa shape index (κ1) is 14.6. The highest BCUT2D eigenvalue weighted by Crippen LogP contribution is 2.28. The molecule has 0 spiro atoms. The van der Waals surface area contributed by atoms with Gasteiger partial charge in [0.05, 0.1) is 22.6 Å². The van der Waals surface area contributed by atoms with Crippen molar-refractivity contribution < 1.29 is 14.3 Å². The Morgan fingerprint density at radius 2 is 1.90 bits per heavy atom. The maximum atomic E-state index is 12.1. The average molecular weight is 310 g/mol. The number of methoxy groups -OCH3 is 1. The molecule has 0 bridgehead atoms. The van der Waals surface area contributed by atoms with E-state index in [0.29, 0.717) is 26.2 Å². The predicted octanol–water partition coefficient (Wildman–Crippen LogP) is 3.87. The molecule has 1 N–H and O–H groups in total. The van der Waals surface area contributed by atoms with Crippen LogP contribution in [0, 0.1) is 0 Å². The fourth-order valence-corrected chi connectivity index (χ4v) is 2.58. The SMILES string of the molecule is COc1ccc(Cl)cc1NC(=O)c1ccc(C(C)=O)s1. The minimum absolute atomic E-state index is 0.0608. The minimum Gasteiger partial charge on any atom is -0.495 e. The van der Waals surface area contributed by atoms with Gasteiger partial charge in [0.2, 0.25) is 0 Å². The highest BCUT2D eigenvalue weighted by Gasteiger charge is 2.13.